The Kier molecular flexibility index (Phi) is 12.6. The van der Waals surface area contributed by atoms with E-state index in [0.29, 0.717) is 35.0 Å². The number of anilines is 3. The summed E-state index contributed by atoms with van der Waals surface area (Å²) in [4.78, 5) is 66.7. The van der Waals surface area contributed by atoms with E-state index in [9.17, 15) is 14.4 Å². The van der Waals surface area contributed by atoms with Gasteiger partial charge in [0.15, 0.2) is 11.5 Å². The number of amides is 1. The molecule has 2 heterocycles. The van der Waals surface area contributed by atoms with Crippen LogP contribution in [0.15, 0.2) is 30.5 Å². The third-order valence-corrected chi connectivity index (χ3v) is 10.1. The second kappa shape index (κ2) is 15.5. The van der Waals surface area contributed by atoms with Crippen molar-refractivity contribution in [2.24, 2.45) is 0 Å². The molecule has 0 spiro atoms. The van der Waals surface area contributed by atoms with E-state index in [1.165, 1.54) is 0 Å². The molecule has 17 heteroatoms. The highest BCUT2D eigenvalue weighted by Crippen LogP contribution is 2.24. The lowest BCUT2D eigenvalue weighted by atomic mass is 10.1. The number of benzene rings is 1. The number of fused-ring (bicyclic) bond motifs is 1. The summed E-state index contributed by atoms with van der Waals surface area (Å²) in [5.74, 6) is -0.131. The Morgan fingerprint density at radius 3 is 1.94 bits per heavy atom. The van der Waals surface area contributed by atoms with Gasteiger partial charge in [0.25, 0.3) is 11.9 Å². The molecule has 0 fully saturated rings. The van der Waals surface area contributed by atoms with Crippen LogP contribution < -0.4 is 20.2 Å². The van der Waals surface area contributed by atoms with E-state index < -0.39 is 51.0 Å². The number of rotatable bonds is 15. The summed E-state index contributed by atoms with van der Waals surface area (Å²) in [6, 6.07) is 6.09. The van der Waals surface area contributed by atoms with Crippen molar-refractivity contribution in [3.05, 3.63) is 41.7 Å². The van der Waals surface area contributed by atoms with Gasteiger partial charge in [-0.1, -0.05) is 39.3 Å². The first kappa shape index (κ1) is 39.8. The second-order valence-electron chi connectivity index (χ2n) is 16.3. The first-order chi connectivity index (χ1) is 22.4. The molecule has 1 aromatic carbocycles. The van der Waals surface area contributed by atoms with Crippen molar-refractivity contribution in [1.82, 2.24) is 25.3 Å². The Hall–Kier alpha value is -3.68. The fourth-order valence-electron chi connectivity index (χ4n) is 4.57. The maximum atomic E-state index is 13.3. The van der Waals surface area contributed by atoms with Gasteiger partial charge in [-0.05, 0) is 70.0 Å². The first-order valence-corrected chi connectivity index (χ1v) is 30.4. The predicted molar refractivity (Wildman–Crippen MR) is 207 cm³/mol. The van der Waals surface area contributed by atoms with Crippen molar-refractivity contribution in [3.63, 3.8) is 0 Å². The highest BCUT2D eigenvalue weighted by Gasteiger charge is 2.30. The van der Waals surface area contributed by atoms with Crippen LogP contribution in [-0.4, -0.2) is 84.0 Å². The molecule has 0 aliphatic rings. The van der Waals surface area contributed by atoms with Crippen molar-refractivity contribution < 1.29 is 23.2 Å². The van der Waals surface area contributed by atoms with Gasteiger partial charge in [-0.3, -0.25) is 14.4 Å². The quantitative estimate of drug-likeness (QED) is 0.152. The molecule has 0 saturated heterocycles. The zero-order chi connectivity index (χ0) is 36.9. The van der Waals surface area contributed by atoms with E-state index in [1.807, 2.05) is 63.4 Å². The van der Waals surface area contributed by atoms with Crippen LogP contribution in [0.25, 0.3) is 11.2 Å². The summed E-state index contributed by atoms with van der Waals surface area (Å²) >= 11 is 0. The van der Waals surface area contributed by atoms with Crippen LogP contribution in [0.5, 0.6) is 0 Å². The van der Waals surface area contributed by atoms with E-state index in [0.717, 1.165) is 11.4 Å². The van der Waals surface area contributed by atoms with Crippen molar-refractivity contribution in [2.45, 2.75) is 104 Å². The number of aromatic nitrogens is 4. The summed E-state index contributed by atoms with van der Waals surface area (Å²) in [5.41, 5.74) is 3.12. The molecule has 3 aromatic rings. The number of hydrogen-bond donors (Lipinski definition) is 3. The fourth-order valence-corrected chi connectivity index (χ4v) is 7.77. The van der Waals surface area contributed by atoms with Crippen LogP contribution in [0.4, 0.5) is 17.5 Å². The molecule has 13 nitrogen and oxygen atoms in total. The number of carbonyl (C=O) groups excluding carboxylic acids is 3. The molecule has 1 amide bonds. The molecular formula is C32H54N8O5Si4. The Bertz CT molecular complexity index is 1650. The average molecular weight is 743 g/mol. The SMILES string of the molecule is CN(Cc1cnc2nc(N[Si](C)(C)C)nc(N[Si](C)(C)C)c2n1)c1ccc(C(=O)NC(CCC(=O)O[Si](C)(C)C)C(=O)O[Si](C)(C)C)cc1. The Morgan fingerprint density at radius 2 is 1.39 bits per heavy atom. The average Bonchev–Trinajstić information content (AvgIpc) is 2.92. The molecule has 0 radical (unpaired) electrons. The molecule has 3 rings (SSSR count). The van der Waals surface area contributed by atoms with Crippen LogP contribution >= 0.6 is 0 Å². The van der Waals surface area contributed by atoms with Gasteiger partial charge in [-0.2, -0.15) is 9.97 Å². The molecule has 49 heavy (non-hydrogen) atoms. The molecule has 268 valence electrons. The summed E-state index contributed by atoms with van der Waals surface area (Å²) < 4.78 is 11.2. The molecule has 1 atom stereocenters. The van der Waals surface area contributed by atoms with Gasteiger partial charge in [0, 0.05) is 24.7 Å². The van der Waals surface area contributed by atoms with E-state index in [1.54, 1.807) is 18.3 Å². The monoisotopic (exact) mass is 742 g/mol. The molecule has 0 aliphatic carbocycles. The lowest BCUT2D eigenvalue weighted by Crippen LogP contribution is -2.45. The number of nitrogens with zero attached hydrogens (tertiary/aromatic N) is 5. The Morgan fingerprint density at radius 1 is 0.796 bits per heavy atom. The normalized spacial score (nSPS) is 13.0. The summed E-state index contributed by atoms with van der Waals surface area (Å²) in [6.07, 6.45) is 1.81. The minimum Gasteiger partial charge on any atom is -0.520 e. The topological polar surface area (TPSA) is 161 Å². The molecule has 0 bridgehead atoms. The van der Waals surface area contributed by atoms with Gasteiger partial charge in [0.05, 0.1) is 18.4 Å². The molecule has 1 unspecified atom stereocenters. The van der Waals surface area contributed by atoms with Crippen LogP contribution in [0.3, 0.4) is 0 Å². The highest BCUT2D eigenvalue weighted by molar-refractivity contribution is 6.79. The lowest BCUT2D eigenvalue weighted by molar-refractivity contribution is -0.138. The molecule has 0 aliphatic heterocycles. The third kappa shape index (κ3) is 13.6. The highest BCUT2D eigenvalue weighted by atomic mass is 28.4. The van der Waals surface area contributed by atoms with Crippen molar-refractivity contribution in [3.8, 4) is 0 Å². The van der Waals surface area contributed by atoms with Crippen molar-refractivity contribution in [1.29, 1.82) is 0 Å². The van der Waals surface area contributed by atoms with Gasteiger partial charge in [-0.25, -0.2) is 9.97 Å². The largest absolute Gasteiger partial charge is 0.520 e. The van der Waals surface area contributed by atoms with Gasteiger partial charge in [-0.15, -0.1) is 0 Å². The molecule has 0 saturated carbocycles. The molecular weight excluding hydrogens is 689 g/mol. The van der Waals surface area contributed by atoms with Crippen LogP contribution in [-0.2, 0) is 25.0 Å². The molecule has 2 aromatic heterocycles. The van der Waals surface area contributed by atoms with Crippen LogP contribution in [0.2, 0.25) is 78.6 Å². The summed E-state index contributed by atoms with van der Waals surface area (Å²) in [6.45, 7) is 25.0. The van der Waals surface area contributed by atoms with Crippen molar-refractivity contribution >= 4 is 79.6 Å². The Labute approximate surface area is 294 Å². The van der Waals surface area contributed by atoms with E-state index in [-0.39, 0.29) is 18.8 Å². The fraction of sp³-hybridized carbons (Fsp3) is 0.531. The zero-order valence-electron chi connectivity index (χ0n) is 31.4. The third-order valence-electron chi connectivity index (χ3n) is 6.46. The minimum absolute atomic E-state index is 0.00421. The minimum atomic E-state index is -2.24. The molecule has 3 N–H and O–H groups in total. The first-order valence-electron chi connectivity index (χ1n) is 16.5. The van der Waals surface area contributed by atoms with Crippen LogP contribution in [0, 0.1) is 0 Å². The Balaban J connectivity index is 1.76. The predicted octanol–water partition coefficient (Wildman–Crippen LogP) is 6.18. The van der Waals surface area contributed by atoms with Gasteiger partial charge in [0.2, 0.25) is 22.6 Å². The smallest absolute Gasteiger partial charge is 0.315 e. The summed E-state index contributed by atoms with van der Waals surface area (Å²) in [5, 5.41) is 2.78. The zero-order valence-corrected chi connectivity index (χ0v) is 35.4. The maximum absolute atomic E-state index is 13.3. The maximum Gasteiger partial charge on any atom is 0.315 e. The second-order valence-corrected chi connectivity index (χ2v) is 34.6. The van der Waals surface area contributed by atoms with Gasteiger partial charge in [0.1, 0.15) is 28.0 Å². The number of carbonyl (C=O) groups is 3. The van der Waals surface area contributed by atoms with Crippen molar-refractivity contribution in [2.75, 3.05) is 21.9 Å². The van der Waals surface area contributed by atoms with Gasteiger partial charge >= 0.3 is 5.97 Å². The standard InChI is InChI=1S/C32H54N8O5Si4/c1-40(21-23-20-33-28-27(34-23)29(38-46(2,3)4)37-32(36-28)39-47(5,6)7)24-16-14-22(15-17-24)30(42)35-25(31(43)45-49(11,12)13)18-19-26(41)44-48(8,9)10/h14-17,20,25H,18-19,21H2,1-13H3,(H,35,42)(H2,33,36,37,38,39). The van der Waals surface area contributed by atoms with E-state index >= 15 is 0 Å². The number of hydrogen-bond acceptors (Lipinski definition) is 12. The van der Waals surface area contributed by atoms with E-state index in [2.05, 4.69) is 64.5 Å². The lowest BCUT2D eigenvalue weighted by Gasteiger charge is -2.24. The van der Waals surface area contributed by atoms with E-state index in [4.69, 9.17) is 18.8 Å². The van der Waals surface area contributed by atoms with Crippen LogP contribution in [0.1, 0.15) is 28.9 Å². The van der Waals surface area contributed by atoms with Gasteiger partial charge < -0.3 is 29.0 Å². The summed E-state index contributed by atoms with van der Waals surface area (Å²) in [7, 11) is -5.85. The number of nitrogens with one attached hydrogen (secondary N) is 3.